The molecule has 0 aliphatic carbocycles. The van der Waals surface area contributed by atoms with Crippen molar-refractivity contribution >= 4 is 17.8 Å². The van der Waals surface area contributed by atoms with E-state index in [1.807, 2.05) is 6.92 Å². The van der Waals surface area contributed by atoms with Crippen LogP contribution in [0.4, 0.5) is 0 Å². The summed E-state index contributed by atoms with van der Waals surface area (Å²) in [7, 11) is 0. The lowest BCUT2D eigenvalue weighted by atomic mass is 10.1. The van der Waals surface area contributed by atoms with E-state index in [4.69, 9.17) is 14.6 Å². The summed E-state index contributed by atoms with van der Waals surface area (Å²) in [5, 5.41) is 17.3. The van der Waals surface area contributed by atoms with Gasteiger partial charge in [0.15, 0.2) is 0 Å². The maximum atomic E-state index is 11.6. The van der Waals surface area contributed by atoms with Crippen LogP contribution in [0.5, 0.6) is 0 Å². The van der Waals surface area contributed by atoms with E-state index < -0.39 is 12.0 Å². The highest BCUT2D eigenvalue weighted by Crippen LogP contribution is 2.00. The molecule has 0 aromatic rings. The lowest BCUT2D eigenvalue weighted by Gasteiger charge is -2.12. The van der Waals surface area contributed by atoms with Crippen LogP contribution < -0.4 is 16.0 Å². The number of carbonyl (C=O) groups excluding carboxylic acids is 2. The molecule has 0 aliphatic heterocycles. The van der Waals surface area contributed by atoms with E-state index in [-0.39, 0.29) is 18.4 Å². The molecule has 0 unspecified atom stereocenters. The number of likely N-dealkylation sites (N-methyl/N-ethyl adjacent to an activating group) is 1. The first kappa shape index (κ1) is 24.3. The molecular weight excluding hydrogens is 342 g/mol. The predicted octanol–water partition coefficient (Wildman–Crippen LogP) is -0.105. The molecule has 1 atom stereocenters. The Bertz CT molecular complexity index is 406. The van der Waals surface area contributed by atoms with Crippen LogP contribution in [0.15, 0.2) is 0 Å². The van der Waals surface area contributed by atoms with Gasteiger partial charge in [-0.15, -0.1) is 0 Å². The van der Waals surface area contributed by atoms with Gasteiger partial charge in [-0.25, -0.2) is 0 Å². The van der Waals surface area contributed by atoms with Gasteiger partial charge < -0.3 is 30.5 Å². The molecule has 26 heavy (non-hydrogen) atoms. The molecule has 2 amide bonds. The SMILES string of the molecule is CCN[C@@H](CCCCNC(=O)COCCOCCNC(=O)CC)C(=O)O. The second kappa shape index (κ2) is 16.7. The zero-order valence-corrected chi connectivity index (χ0v) is 15.8. The molecule has 0 aromatic carbocycles. The largest absolute Gasteiger partial charge is 0.480 e. The molecule has 4 N–H and O–H groups in total. The monoisotopic (exact) mass is 375 g/mol. The van der Waals surface area contributed by atoms with Gasteiger partial charge in [-0.3, -0.25) is 14.4 Å². The quantitative estimate of drug-likeness (QED) is 0.261. The molecule has 0 spiro atoms. The van der Waals surface area contributed by atoms with Gasteiger partial charge in [0.2, 0.25) is 11.8 Å². The number of carbonyl (C=O) groups is 3. The third-order valence-corrected chi connectivity index (χ3v) is 3.49. The minimum atomic E-state index is -0.848. The van der Waals surface area contributed by atoms with Crippen molar-refractivity contribution in [2.75, 3.05) is 46.1 Å². The van der Waals surface area contributed by atoms with Gasteiger partial charge >= 0.3 is 5.97 Å². The topological polar surface area (TPSA) is 126 Å². The van der Waals surface area contributed by atoms with Crippen LogP contribution in [-0.4, -0.2) is 75.0 Å². The lowest BCUT2D eigenvalue weighted by Crippen LogP contribution is -2.36. The number of amides is 2. The molecule has 152 valence electrons. The summed E-state index contributed by atoms with van der Waals surface area (Å²) in [6.45, 7) is 6.25. The van der Waals surface area contributed by atoms with E-state index in [0.717, 1.165) is 0 Å². The summed E-state index contributed by atoms with van der Waals surface area (Å²) in [6, 6.07) is -0.533. The molecule has 0 saturated carbocycles. The van der Waals surface area contributed by atoms with Crippen molar-refractivity contribution in [3.63, 3.8) is 0 Å². The number of carboxylic acids is 1. The van der Waals surface area contributed by atoms with E-state index in [0.29, 0.717) is 65.1 Å². The van der Waals surface area contributed by atoms with Crippen molar-refractivity contribution < 1.29 is 29.0 Å². The number of nitrogens with one attached hydrogen (secondary N) is 3. The Hall–Kier alpha value is -1.71. The first-order valence-electron chi connectivity index (χ1n) is 9.16. The van der Waals surface area contributed by atoms with Crippen LogP contribution >= 0.6 is 0 Å². The third-order valence-electron chi connectivity index (χ3n) is 3.49. The molecule has 0 fully saturated rings. The summed E-state index contributed by atoms with van der Waals surface area (Å²) in [5.74, 6) is -1.07. The van der Waals surface area contributed by atoms with Crippen LogP contribution in [0.1, 0.15) is 39.5 Å². The fourth-order valence-corrected chi connectivity index (χ4v) is 2.08. The summed E-state index contributed by atoms with van der Waals surface area (Å²) in [4.78, 5) is 33.5. The maximum Gasteiger partial charge on any atom is 0.320 e. The standard InChI is InChI=1S/C17H33N3O6/c1-3-15(21)20-9-10-25-11-12-26-13-16(22)19-8-6-5-7-14(17(23)24)18-4-2/h14,18H,3-13H2,1-2H3,(H,19,22)(H,20,21)(H,23,24)/t14-/m0/s1. The minimum absolute atomic E-state index is 0.0124. The van der Waals surface area contributed by atoms with Gasteiger partial charge in [-0.2, -0.15) is 0 Å². The molecule has 0 bridgehead atoms. The highest BCUT2D eigenvalue weighted by molar-refractivity contribution is 5.77. The van der Waals surface area contributed by atoms with Crippen molar-refractivity contribution in [1.82, 2.24) is 16.0 Å². The van der Waals surface area contributed by atoms with Crippen LogP contribution in [0.25, 0.3) is 0 Å². The Morgan fingerprint density at radius 2 is 1.62 bits per heavy atom. The first-order valence-corrected chi connectivity index (χ1v) is 9.16. The smallest absolute Gasteiger partial charge is 0.320 e. The van der Waals surface area contributed by atoms with Crippen LogP contribution in [0, 0.1) is 0 Å². The molecule has 9 heteroatoms. The summed E-state index contributed by atoms with van der Waals surface area (Å²) in [5.41, 5.74) is 0. The molecule has 0 rings (SSSR count). The number of hydrogen-bond acceptors (Lipinski definition) is 6. The zero-order chi connectivity index (χ0) is 19.6. The fraction of sp³-hybridized carbons (Fsp3) is 0.824. The van der Waals surface area contributed by atoms with Crippen molar-refractivity contribution in [2.45, 2.75) is 45.6 Å². The molecular formula is C17H33N3O6. The van der Waals surface area contributed by atoms with E-state index in [9.17, 15) is 14.4 Å². The lowest BCUT2D eigenvalue weighted by molar-refractivity contribution is -0.139. The van der Waals surface area contributed by atoms with E-state index >= 15 is 0 Å². The number of aliphatic carboxylic acids is 1. The second-order valence-electron chi connectivity index (χ2n) is 5.66. The molecule has 0 heterocycles. The Kier molecular flexibility index (Phi) is 15.6. The zero-order valence-electron chi connectivity index (χ0n) is 15.8. The van der Waals surface area contributed by atoms with Crippen molar-refractivity contribution in [2.24, 2.45) is 0 Å². The van der Waals surface area contributed by atoms with Crippen LogP contribution in [0.3, 0.4) is 0 Å². The van der Waals surface area contributed by atoms with E-state index in [1.54, 1.807) is 6.92 Å². The van der Waals surface area contributed by atoms with Crippen molar-refractivity contribution in [1.29, 1.82) is 0 Å². The average Bonchev–Trinajstić information content (AvgIpc) is 2.62. The fourth-order valence-electron chi connectivity index (χ4n) is 2.08. The van der Waals surface area contributed by atoms with Gasteiger partial charge in [0, 0.05) is 19.5 Å². The van der Waals surface area contributed by atoms with Gasteiger partial charge in [-0.1, -0.05) is 13.8 Å². The third kappa shape index (κ3) is 14.6. The molecule has 0 radical (unpaired) electrons. The Morgan fingerprint density at radius 1 is 0.923 bits per heavy atom. The average molecular weight is 375 g/mol. The van der Waals surface area contributed by atoms with Crippen molar-refractivity contribution in [3.8, 4) is 0 Å². The van der Waals surface area contributed by atoms with Gasteiger partial charge in [0.25, 0.3) is 0 Å². The summed E-state index contributed by atoms with van der Waals surface area (Å²) in [6.07, 6.45) is 2.42. The van der Waals surface area contributed by atoms with Crippen molar-refractivity contribution in [3.05, 3.63) is 0 Å². The maximum absolute atomic E-state index is 11.6. The van der Waals surface area contributed by atoms with E-state index in [2.05, 4.69) is 16.0 Å². The van der Waals surface area contributed by atoms with E-state index in [1.165, 1.54) is 0 Å². The Morgan fingerprint density at radius 3 is 2.27 bits per heavy atom. The van der Waals surface area contributed by atoms with Gasteiger partial charge in [0.05, 0.1) is 19.8 Å². The normalized spacial score (nSPS) is 11.8. The highest BCUT2D eigenvalue weighted by Gasteiger charge is 2.14. The molecule has 0 aliphatic rings. The Labute approximate surface area is 155 Å². The molecule has 9 nitrogen and oxygen atoms in total. The number of hydrogen-bond donors (Lipinski definition) is 4. The first-order chi connectivity index (χ1) is 12.5. The number of carboxylic acid groups (broad SMARTS) is 1. The molecule has 0 saturated heterocycles. The second-order valence-corrected chi connectivity index (χ2v) is 5.66. The summed E-state index contributed by atoms with van der Waals surface area (Å²) >= 11 is 0. The predicted molar refractivity (Wildman–Crippen MR) is 96.9 cm³/mol. The minimum Gasteiger partial charge on any atom is -0.480 e. The number of ether oxygens (including phenoxy) is 2. The number of rotatable bonds is 17. The van der Waals surface area contributed by atoms with Gasteiger partial charge in [-0.05, 0) is 25.8 Å². The summed E-state index contributed by atoms with van der Waals surface area (Å²) < 4.78 is 10.5. The van der Waals surface area contributed by atoms with Crippen LogP contribution in [0.2, 0.25) is 0 Å². The van der Waals surface area contributed by atoms with Gasteiger partial charge in [0.1, 0.15) is 12.6 Å². The van der Waals surface area contributed by atoms with Crippen LogP contribution in [-0.2, 0) is 23.9 Å². The molecule has 0 aromatic heterocycles. The Balaban J connectivity index is 3.44. The highest BCUT2D eigenvalue weighted by atomic mass is 16.5. The number of unbranched alkanes of at least 4 members (excludes halogenated alkanes) is 1.